The summed E-state index contributed by atoms with van der Waals surface area (Å²) >= 11 is 3.27. The average Bonchev–Trinajstić information content (AvgIpc) is 2.33. The molecule has 2 aromatic rings. The fourth-order valence-electron chi connectivity index (χ4n) is 1.47. The first-order chi connectivity index (χ1) is 8.58. The minimum Gasteiger partial charge on any atom is -0.399 e. The first-order valence-electron chi connectivity index (χ1n) is 5.19. The molecule has 2 aromatic carbocycles. The maximum Gasteiger partial charge on any atom is 0.256 e. The van der Waals surface area contributed by atoms with E-state index < -0.39 is 5.82 Å². The monoisotopic (exact) mass is 308 g/mol. The highest BCUT2D eigenvalue weighted by Crippen LogP contribution is 2.20. The molecule has 2 rings (SSSR count). The molecular weight excluding hydrogens is 299 g/mol. The van der Waals surface area contributed by atoms with Crippen LogP contribution in [0.3, 0.4) is 0 Å². The van der Waals surface area contributed by atoms with Gasteiger partial charge in [0.1, 0.15) is 5.82 Å². The third kappa shape index (κ3) is 2.68. The Morgan fingerprint density at radius 3 is 2.61 bits per heavy atom. The first-order valence-corrected chi connectivity index (χ1v) is 5.98. The van der Waals surface area contributed by atoms with E-state index in [1.54, 1.807) is 24.3 Å². The van der Waals surface area contributed by atoms with Crippen molar-refractivity contribution in [3.63, 3.8) is 0 Å². The summed E-state index contributed by atoms with van der Waals surface area (Å²) in [5.41, 5.74) is 6.29. The van der Waals surface area contributed by atoms with E-state index in [1.165, 1.54) is 12.1 Å². The van der Waals surface area contributed by atoms with E-state index >= 15 is 0 Å². The van der Waals surface area contributed by atoms with Crippen molar-refractivity contribution in [2.45, 2.75) is 0 Å². The van der Waals surface area contributed by atoms with Crippen molar-refractivity contribution in [1.29, 1.82) is 0 Å². The molecule has 3 N–H and O–H groups in total. The third-order valence-corrected chi connectivity index (χ3v) is 3.05. The average molecular weight is 309 g/mol. The lowest BCUT2D eigenvalue weighted by atomic mass is 10.2. The summed E-state index contributed by atoms with van der Waals surface area (Å²) in [7, 11) is 0. The Balaban J connectivity index is 2.24. The van der Waals surface area contributed by atoms with Gasteiger partial charge in [-0.25, -0.2) is 4.39 Å². The molecule has 0 spiro atoms. The molecule has 0 aliphatic heterocycles. The summed E-state index contributed by atoms with van der Waals surface area (Å²) in [4.78, 5) is 11.9. The van der Waals surface area contributed by atoms with Crippen LogP contribution in [0.15, 0.2) is 46.9 Å². The number of amides is 1. The van der Waals surface area contributed by atoms with Gasteiger partial charge in [0.2, 0.25) is 0 Å². The van der Waals surface area contributed by atoms with Crippen LogP contribution >= 0.6 is 15.9 Å². The number of nitrogen functional groups attached to an aromatic ring is 1. The van der Waals surface area contributed by atoms with Crippen molar-refractivity contribution in [1.82, 2.24) is 0 Å². The normalized spacial score (nSPS) is 10.1. The molecule has 92 valence electrons. The van der Waals surface area contributed by atoms with E-state index in [-0.39, 0.29) is 11.6 Å². The largest absolute Gasteiger partial charge is 0.399 e. The van der Waals surface area contributed by atoms with Gasteiger partial charge in [-0.05, 0) is 46.3 Å². The van der Waals surface area contributed by atoms with Crippen LogP contribution in [0.5, 0.6) is 0 Å². The molecule has 1 amide bonds. The number of carbonyl (C=O) groups is 1. The lowest BCUT2D eigenvalue weighted by molar-refractivity contribution is 0.102. The molecular formula is C13H10BrFN2O. The predicted octanol–water partition coefficient (Wildman–Crippen LogP) is 3.42. The predicted molar refractivity (Wildman–Crippen MR) is 72.9 cm³/mol. The van der Waals surface area contributed by atoms with Crippen LogP contribution in [-0.4, -0.2) is 5.91 Å². The first kappa shape index (κ1) is 12.6. The highest BCUT2D eigenvalue weighted by atomic mass is 79.9. The van der Waals surface area contributed by atoms with Crippen molar-refractivity contribution in [3.8, 4) is 0 Å². The zero-order valence-corrected chi connectivity index (χ0v) is 10.9. The maximum atomic E-state index is 13.5. The van der Waals surface area contributed by atoms with Crippen molar-refractivity contribution in [2.24, 2.45) is 0 Å². The maximum absolute atomic E-state index is 13.5. The molecule has 0 bridgehead atoms. The van der Waals surface area contributed by atoms with Crippen molar-refractivity contribution >= 4 is 33.2 Å². The van der Waals surface area contributed by atoms with Crippen LogP contribution in [-0.2, 0) is 0 Å². The minimum atomic E-state index is -0.560. The fraction of sp³-hybridized carbons (Fsp3) is 0. The quantitative estimate of drug-likeness (QED) is 0.835. The van der Waals surface area contributed by atoms with Crippen molar-refractivity contribution < 1.29 is 9.18 Å². The number of rotatable bonds is 2. The smallest absolute Gasteiger partial charge is 0.256 e. The lowest BCUT2D eigenvalue weighted by Gasteiger charge is -2.08. The molecule has 0 saturated carbocycles. The zero-order chi connectivity index (χ0) is 13.1. The molecule has 0 fully saturated rings. The highest BCUT2D eigenvalue weighted by molar-refractivity contribution is 9.10. The third-order valence-electron chi connectivity index (χ3n) is 2.36. The van der Waals surface area contributed by atoms with Gasteiger partial charge in [-0.3, -0.25) is 4.79 Å². The van der Waals surface area contributed by atoms with E-state index in [0.29, 0.717) is 15.7 Å². The molecule has 0 aliphatic rings. The van der Waals surface area contributed by atoms with Crippen molar-refractivity contribution in [2.75, 3.05) is 11.1 Å². The second-order valence-electron chi connectivity index (χ2n) is 3.67. The van der Waals surface area contributed by atoms with E-state index in [0.717, 1.165) is 6.07 Å². The van der Waals surface area contributed by atoms with Crippen LogP contribution < -0.4 is 11.1 Å². The van der Waals surface area contributed by atoms with Gasteiger partial charge in [-0.15, -0.1) is 0 Å². The second kappa shape index (κ2) is 5.18. The summed E-state index contributed by atoms with van der Waals surface area (Å²) < 4.78 is 14.2. The topological polar surface area (TPSA) is 55.1 Å². The number of nitrogens with two attached hydrogens (primary N) is 1. The summed E-state index contributed by atoms with van der Waals surface area (Å²) in [5.74, 6) is -0.943. The van der Waals surface area contributed by atoms with Gasteiger partial charge < -0.3 is 11.1 Å². The summed E-state index contributed by atoms with van der Waals surface area (Å²) in [6.45, 7) is 0. The van der Waals surface area contributed by atoms with Crippen LogP contribution in [0.25, 0.3) is 0 Å². The molecule has 0 aromatic heterocycles. The van der Waals surface area contributed by atoms with E-state index in [2.05, 4.69) is 21.2 Å². The molecule has 5 heteroatoms. The molecule has 0 unspecified atom stereocenters. The molecule has 0 heterocycles. The Morgan fingerprint density at radius 1 is 1.22 bits per heavy atom. The molecule has 18 heavy (non-hydrogen) atoms. The Morgan fingerprint density at radius 2 is 1.94 bits per heavy atom. The van der Waals surface area contributed by atoms with E-state index in [1.807, 2.05) is 0 Å². The Bertz CT molecular complexity index is 601. The number of nitrogens with one attached hydrogen (secondary N) is 1. The summed E-state index contributed by atoms with van der Waals surface area (Å²) in [5, 5.41) is 2.50. The molecule has 0 saturated heterocycles. The Labute approximate surface area is 112 Å². The number of hydrogen-bond donors (Lipinski definition) is 2. The molecule has 3 nitrogen and oxygen atoms in total. The van der Waals surface area contributed by atoms with Gasteiger partial charge in [-0.2, -0.15) is 0 Å². The standard InChI is InChI=1S/C13H10BrFN2O/c14-10-4-2-1-3-9(10)13(18)17-12-6-5-8(16)7-11(12)15/h1-7H,16H2,(H,17,18). The number of hydrogen-bond acceptors (Lipinski definition) is 2. The van der Waals surface area contributed by atoms with Gasteiger partial charge in [0, 0.05) is 10.2 Å². The van der Waals surface area contributed by atoms with E-state index in [9.17, 15) is 9.18 Å². The Kier molecular flexibility index (Phi) is 3.62. The number of halogens is 2. The summed E-state index contributed by atoms with van der Waals surface area (Å²) in [6.07, 6.45) is 0. The number of anilines is 2. The zero-order valence-electron chi connectivity index (χ0n) is 9.28. The van der Waals surface area contributed by atoms with Crippen LogP contribution in [0.4, 0.5) is 15.8 Å². The molecule has 0 atom stereocenters. The van der Waals surface area contributed by atoms with Crippen LogP contribution in [0.1, 0.15) is 10.4 Å². The molecule has 0 radical (unpaired) electrons. The van der Waals surface area contributed by atoms with Gasteiger partial charge in [0.05, 0.1) is 11.3 Å². The highest BCUT2D eigenvalue weighted by Gasteiger charge is 2.11. The van der Waals surface area contributed by atoms with Crippen LogP contribution in [0, 0.1) is 5.82 Å². The van der Waals surface area contributed by atoms with Crippen molar-refractivity contribution in [3.05, 3.63) is 58.3 Å². The fourth-order valence-corrected chi connectivity index (χ4v) is 1.93. The van der Waals surface area contributed by atoms with Gasteiger partial charge in [0.15, 0.2) is 0 Å². The van der Waals surface area contributed by atoms with Gasteiger partial charge in [0.25, 0.3) is 5.91 Å². The minimum absolute atomic E-state index is 0.102. The number of carbonyl (C=O) groups excluding carboxylic acids is 1. The molecule has 0 aliphatic carbocycles. The van der Waals surface area contributed by atoms with E-state index in [4.69, 9.17) is 5.73 Å². The number of benzene rings is 2. The second-order valence-corrected chi connectivity index (χ2v) is 4.53. The van der Waals surface area contributed by atoms with Crippen LogP contribution in [0.2, 0.25) is 0 Å². The lowest BCUT2D eigenvalue weighted by Crippen LogP contribution is -2.13. The SMILES string of the molecule is Nc1ccc(NC(=O)c2ccccc2Br)c(F)c1. The van der Waals surface area contributed by atoms with Gasteiger partial charge >= 0.3 is 0 Å². The van der Waals surface area contributed by atoms with Gasteiger partial charge in [-0.1, -0.05) is 12.1 Å². The summed E-state index contributed by atoms with van der Waals surface area (Å²) in [6, 6.07) is 11.0. The Hall–Kier alpha value is -1.88.